The third-order valence-electron chi connectivity index (χ3n) is 4.31. The Balaban J connectivity index is 1.64. The van der Waals surface area contributed by atoms with Crippen LogP contribution in [0.1, 0.15) is 51.4 Å². The number of hydrogen-bond acceptors (Lipinski definition) is 3. The van der Waals surface area contributed by atoms with E-state index in [1.165, 1.54) is 12.8 Å². The maximum Gasteiger partial charge on any atom is 0.220 e. The molecule has 0 bridgehead atoms. The van der Waals surface area contributed by atoms with Crippen LogP contribution >= 0.6 is 0 Å². The lowest BCUT2D eigenvalue weighted by molar-refractivity contribution is -0.123. The Morgan fingerprint density at radius 2 is 1.89 bits per heavy atom. The summed E-state index contributed by atoms with van der Waals surface area (Å²) in [6.45, 7) is 2.18. The molecule has 1 amide bonds. The average molecular weight is 254 g/mol. The fourth-order valence-electron chi connectivity index (χ4n) is 3.06. The summed E-state index contributed by atoms with van der Waals surface area (Å²) in [6, 6.07) is -0.000674. The van der Waals surface area contributed by atoms with E-state index in [2.05, 4.69) is 10.6 Å². The molecule has 2 atom stereocenters. The summed E-state index contributed by atoms with van der Waals surface area (Å²) in [6.07, 6.45) is 7.64. The van der Waals surface area contributed by atoms with Gasteiger partial charge in [0.2, 0.25) is 5.91 Å². The Morgan fingerprint density at radius 3 is 2.61 bits per heavy atom. The van der Waals surface area contributed by atoms with Crippen molar-refractivity contribution in [2.45, 2.75) is 63.5 Å². The van der Waals surface area contributed by atoms with Gasteiger partial charge in [0.1, 0.15) is 0 Å². The molecular weight excluding hydrogens is 228 g/mol. The molecule has 1 saturated heterocycles. The van der Waals surface area contributed by atoms with E-state index >= 15 is 0 Å². The van der Waals surface area contributed by atoms with E-state index in [-0.39, 0.29) is 18.1 Å². The lowest BCUT2D eigenvalue weighted by atomic mass is 9.91. The van der Waals surface area contributed by atoms with E-state index in [0.29, 0.717) is 12.3 Å². The van der Waals surface area contributed by atoms with Crippen LogP contribution in [0.15, 0.2) is 0 Å². The number of carbonyl (C=O) groups excluding carboxylic acids is 1. The van der Waals surface area contributed by atoms with Crippen molar-refractivity contribution >= 4 is 5.91 Å². The minimum atomic E-state index is -0.332. The first kappa shape index (κ1) is 13.8. The van der Waals surface area contributed by atoms with Crippen molar-refractivity contribution in [3.05, 3.63) is 0 Å². The summed E-state index contributed by atoms with van der Waals surface area (Å²) in [5.41, 5.74) is 0. The first-order valence-corrected chi connectivity index (χ1v) is 7.44. The van der Waals surface area contributed by atoms with E-state index < -0.39 is 0 Å². The molecule has 3 N–H and O–H groups in total. The first-order valence-electron chi connectivity index (χ1n) is 7.44. The van der Waals surface area contributed by atoms with Crippen molar-refractivity contribution in [2.75, 3.05) is 13.1 Å². The topological polar surface area (TPSA) is 61.4 Å². The average Bonchev–Trinajstić information content (AvgIpc) is 2.40. The molecule has 2 aliphatic rings. The molecule has 1 saturated carbocycles. The zero-order valence-electron chi connectivity index (χ0n) is 11.2. The summed E-state index contributed by atoms with van der Waals surface area (Å²) in [5.74, 6) is 0.827. The molecule has 4 nitrogen and oxygen atoms in total. The largest absolute Gasteiger partial charge is 0.391 e. The van der Waals surface area contributed by atoms with Crippen LogP contribution in [0.5, 0.6) is 0 Å². The van der Waals surface area contributed by atoms with Crippen molar-refractivity contribution in [1.29, 1.82) is 0 Å². The standard InChI is InChI=1S/C14H26N2O2/c17-13-4-2-1-3-12(13)16-14(18)6-5-11-7-9-15-10-8-11/h11-13,15,17H,1-10H2,(H,16,18)/t12-,13-/m0/s1. The molecule has 2 fully saturated rings. The quantitative estimate of drug-likeness (QED) is 0.706. The maximum atomic E-state index is 11.9. The third kappa shape index (κ3) is 4.25. The molecule has 18 heavy (non-hydrogen) atoms. The molecule has 1 aliphatic heterocycles. The van der Waals surface area contributed by atoms with Crippen molar-refractivity contribution in [3.8, 4) is 0 Å². The van der Waals surface area contributed by atoms with Crippen molar-refractivity contribution in [3.63, 3.8) is 0 Å². The lowest BCUT2D eigenvalue weighted by Gasteiger charge is -2.28. The van der Waals surface area contributed by atoms with Gasteiger partial charge in [-0.25, -0.2) is 0 Å². The summed E-state index contributed by atoms with van der Waals surface area (Å²) < 4.78 is 0. The summed E-state index contributed by atoms with van der Waals surface area (Å²) in [7, 11) is 0. The number of piperidine rings is 1. The molecule has 104 valence electrons. The van der Waals surface area contributed by atoms with Crippen LogP contribution in [-0.4, -0.2) is 36.2 Å². The minimum Gasteiger partial charge on any atom is -0.391 e. The van der Waals surface area contributed by atoms with Gasteiger partial charge in [0.05, 0.1) is 12.1 Å². The van der Waals surface area contributed by atoms with E-state index in [4.69, 9.17) is 0 Å². The minimum absolute atomic E-state index is 0.000674. The van der Waals surface area contributed by atoms with Gasteiger partial charge in [0, 0.05) is 6.42 Å². The fraction of sp³-hybridized carbons (Fsp3) is 0.929. The highest BCUT2D eigenvalue weighted by Crippen LogP contribution is 2.20. The molecule has 1 aliphatic carbocycles. The van der Waals surface area contributed by atoms with Gasteiger partial charge < -0.3 is 15.7 Å². The number of aliphatic hydroxyl groups is 1. The monoisotopic (exact) mass is 254 g/mol. The van der Waals surface area contributed by atoms with E-state index in [1.54, 1.807) is 0 Å². The van der Waals surface area contributed by atoms with E-state index in [1.807, 2.05) is 0 Å². The molecule has 0 unspecified atom stereocenters. The van der Waals surface area contributed by atoms with Gasteiger partial charge in [-0.3, -0.25) is 4.79 Å². The smallest absolute Gasteiger partial charge is 0.220 e. The highest BCUT2D eigenvalue weighted by molar-refractivity contribution is 5.76. The third-order valence-corrected chi connectivity index (χ3v) is 4.31. The highest BCUT2D eigenvalue weighted by Gasteiger charge is 2.24. The number of carbonyl (C=O) groups is 1. The van der Waals surface area contributed by atoms with Crippen LogP contribution in [-0.2, 0) is 4.79 Å². The normalized spacial score (nSPS) is 30.1. The number of aliphatic hydroxyl groups excluding tert-OH is 1. The zero-order chi connectivity index (χ0) is 12.8. The van der Waals surface area contributed by atoms with Gasteiger partial charge in [-0.1, -0.05) is 12.8 Å². The molecule has 0 aromatic carbocycles. The summed E-state index contributed by atoms with van der Waals surface area (Å²) >= 11 is 0. The Bertz CT molecular complexity index is 265. The van der Waals surface area contributed by atoms with Crippen molar-refractivity contribution in [1.82, 2.24) is 10.6 Å². The van der Waals surface area contributed by atoms with Gasteiger partial charge in [-0.2, -0.15) is 0 Å². The molecule has 2 rings (SSSR count). The number of hydrogen-bond donors (Lipinski definition) is 3. The highest BCUT2D eigenvalue weighted by atomic mass is 16.3. The van der Waals surface area contributed by atoms with E-state index in [0.717, 1.165) is 45.2 Å². The second kappa shape index (κ2) is 7.10. The zero-order valence-corrected chi connectivity index (χ0v) is 11.2. The Morgan fingerprint density at radius 1 is 1.17 bits per heavy atom. The number of nitrogens with one attached hydrogen (secondary N) is 2. The van der Waals surface area contributed by atoms with Crippen LogP contribution < -0.4 is 10.6 Å². The van der Waals surface area contributed by atoms with Gasteiger partial charge in [0.15, 0.2) is 0 Å². The maximum absolute atomic E-state index is 11.9. The Hall–Kier alpha value is -0.610. The van der Waals surface area contributed by atoms with Gasteiger partial charge in [0.25, 0.3) is 0 Å². The fourth-order valence-corrected chi connectivity index (χ4v) is 3.06. The van der Waals surface area contributed by atoms with Crippen LogP contribution in [0.2, 0.25) is 0 Å². The van der Waals surface area contributed by atoms with Crippen LogP contribution in [0, 0.1) is 5.92 Å². The van der Waals surface area contributed by atoms with Crippen LogP contribution in [0.4, 0.5) is 0 Å². The predicted octanol–water partition coefficient (Wildman–Crippen LogP) is 1.19. The first-order chi connectivity index (χ1) is 8.75. The molecule has 0 aromatic heterocycles. The molecule has 0 spiro atoms. The number of rotatable bonds is 4. The second-order valence-electron chi connectivity index (χ2n) is 5.76. The predicted molar refractivity (Wildman–Crippen MR) is 71.2 cm³/mol. The molecule has 4 heteroatoms. The SMILES string of the molecule is O=C(CCC1CCNCC1)N[C@H]1CCCC[C@@H]1O. The van der Waals surface area contributed by atoms with Crippen LogP contribution in [0.3, 0.4) is 0 Å². The lowest BCUT2D eigenvalue weighted by Crippen LogP contribution is -2.45. The molecule has 0 radical (unpaired) electrons. The van der Waals surface area contributed by atoms with E-state index in [9.17, 15) is 9.90 Å². The van der Waals surface area contributed by atoms with Gasteiger partial charge >= 0.3 is 0 Å². The van der Waals surface area contributed by atoms with Gasteiger partial charge in [-0.05, 0) is 51.1 Å². The van der Waals surface area contributed by atoms with Gasteiger partial charge in [-0.15, -0.1) is 0 Å². The van der Waals surface area contributed by atoms with Crippen molar-refractivity contribution < 1.29 is 9.90 Å². The second-order valence-corrected chi connectivity index (χ2v) is 5.76. The molecular formula is C14H26N2O2. The molecule has 1 heterocycles. The van der Waals surface area contributed by atoms with Crippen molar-refractivity contribution in [2.24, 2.45) is 5.92 Å². The number of amides is 1. The van der Waals surface area contributed by atoms with Crippen LogP contribution in [0.25, 0.3) is 0 Å². The Kier molecular flexibility index (Phi) is 5.45. The Labute approximate surface area is 110 Å². The summed E-state index contributed by atoms with van der Waals surface area (Å²) in [5, 5.41) is 16.2. The molecule has 0 aromatic rings. The summed E-state index contributed by atoms with van der Waals surface area (Å²) in [4.78, 5) is 11.9.